The summed E-state index contributed by atoms with van der Waals surface area (Å²) in [4.78, 5) is 55.9. The maximum atomic E-state index is 13.5. The fraction of sp³-hybridized carbons (Fsp3) is 0.379. The van der Waals surface area contributed by atoms with Gasteiger partial charge in [-0.05, 0) is 54.5 Å². The number of aryl methyl sites for hydroxylation is 2. The van der Waals surface area contributed by atoms with Gasteiger partial charge in [0.25, 0.3) is 0 Å². The lowest BCUT2D eigenvalue weighted by Crippen LogP contribution is -2.58. The Morgan fingerprint density at radius 3 is 2.57 bits per heavy atom. The molecule has 2 heterocycles. The van der Waals surface area contributed by atoms with Gasteiger partial charge in [-0.2, -0.15) is 0 Å². The summed E-state index contributed by atoms with van der Waals surface area (Å²) in [5, 5.41) is 6.46. The average Bonchev–Trinajstić information content (AvgIpc) is 3.31. The number of ketones is 1. The Morgan fingerprint density at radius 1 is 1.05 bits per heavy atom. The first-order valence-corrected chi connectivity index (χ1v) is 12.8. The van der Waals surface area contributed by atoms with Crippen LogP contribution in [-0.4, -0.2) is 52.5 Å². The number of piperazine rings is 1. The molecule has 0 aliphatic carbocycles. The highest BCUT2D eigenvalue weighted by molar-refractivity contribution is 6.05. The summed E-state index contributed by atoms with van der Waals surface area (Å²) in [6.07, 6.45) is 3.86. The first kappa shape index (κ1) is 26.1. The van der Waals surface area contributed by atoms with Crippen molar-refractivity contribution in [1.82, 2.24) is 20.5 Å². The first-order valence-electron chi connectivity index (χ1n) is 12.8. The first-order chi connectivity index (χ1) is 17.8. The fourth-order valence-electron chi connectivity index (χ4n) is 4.95. The quantitative estimate of drug-likeness (QED) is 0.370. The number of H-pyrrole nitrogens is 1. The maximum Gasteiger partial charge on any atom is 0.245 e. The largest absolute Gasteiger partial charge is 0.361 e. The van der Waals surface area contributed by atoms with Crippen LogP contribution in [0.4, 0.5) is 0 Å². The summed E-state index contributed by atoms with van der Waals surface area (Å²) in [6, 6.07) is 13.2. The van der Waals surface area contributed by atoms with Gasteiger partial charge >= 0.3 is 0 Å². The molecule has 3 N–H and O–H groups in total. The number of aromatic amines is 1. The fourth-order valence-corrected chi connectivity index (χ4v) is 4.95. The second-order valence-corrected chi connectivity index (χ2v) is 9.59. The third-order valence-corrected chi connectivity index (χ3v) is 7.04. The van der Waals surface area contributed by atoms with E-state index in [1.807, 2.05) is 36.5 Å². The number of rotatable bonds is 10. The second-order valence-electron chi connectivity index (χ2n) is 9.59. The molecule has 8 nitrogen and oxygen atoms in total. The molecule has 1 aliphatic rings. The van der Waals surface area contributed by atoms with Crippen LogP contribution in [0.1, 0.15) is 43.0 Å². The maximum absolute atomic E-state index is 13.5. The van der Waals surface area contributed by atoms with E-state index in [1.54, 1.807) is 6.92 Å². The third-order valence-electron chi connectivity index (χ3n) is 7.04. The molecule has 2 atom stereocenters. The molecule has 3 aromatic rings. The molecule has 0 saturated carbocycles. The summed E-state index contributed by atoms with van der Waals surface area (Å²) in [7, 11) is 0. The van der Waals surface area contributed by atoms with Crippen LogP contribution in [0.25, 0.3) is 10.9 Å². The van der Waals surface area contributed by atoms with E-state index >= 15 is 0 Å². The molecule has 1 saturated heterocycles. The molecule has 1 aromatic heterocycles. The van der Waals surface area contributed by atoms with Gasteiger partial charge in [0.15, 0.2) is 5.78 Å². The zero-order valence-electron chi connectivity index (χ0n) is 21.6. The summed E-state index contributed by atoms with van der Waals surface area (Å²) in [5.74, 6) is -2.45. The lowest BCUT2D eigenvalue weighted by molar-refractivity contribution is -0.147. The number of nitrogens with zero attached hydrogens (tertiary/aromatic N) is 1. The van der Waals surface area contributed by atoms with Crippen LogP contribution in [0.15, 0.2) is 48.7 Å². The van der Waals surface area contributed by atoms with E-state index in [-0.39, 0.29) is 31.3 Å². The zero-order valence-corrected chi connectivity index (χ0v) is 21.6. The number of carbonyl (C=O) groups excluding carboxylic acids is 4. The van der Waals surface area contributed by atoms with E-state index in [9.17, 15) is 19.2 Å². The molecular formula is C29H34N4O4. The molecule has 194 valence electrons. The van der Waals surface area contributed by atoms with Gasteiger partial charge in [-0.25, -0.2) is 0 Å². The van der Waals surface area contributed by atoms with Gasteiger partial charge in [-0.3, -0.25) is 19.2 Å². The Kier molecular flexibility index (Phi) is 8.06. The van der Waals surface area contributed by atoms with Gasteiger partial charge in [0.2, 0.25) is 17.7 Å². The lowest BCUT2D eigenvalue weighted by Gasteiger charge is -2.31. The van der Waals surface area contributed by atoms with Crippen molar-refractivity contribution in [3.63, 3.8) is 0 Å². The number of fused-ring (bicyclic) bond motifs is 1. The van der Waals surface area contributed by atoms with E-state index in [0.29, 0.717) is 6.54 Å². The molecule has 2 aromatic carbocycles. The number of Topliss-reactive ketones (excluding diaryl/α,β-unsaturated/α-hetero) is 1. The van der Waals surface area contributed by atoms with Gasteiger partial charge in [0.05, 0.1) is 6.54 Å². The van der Waals surface area contributed by atoms with Crippen molar-refractivity contribution in [3.8, 4) is 0 Å². The van der Waals surface area contributed by atoms with Crippen LogP contribution >= 0.6 is 0 Å². The van der Waals surface area contributed by atoms with Crippen LogP contribution in [0.2, 0.25) is 0 Å². The molecular weight excluding hydrogens is 468 g/mol. The Hall–Kier alpha value is -3.94. The van der Waals surface area contributed by atoms with Crippen molar-refractivity contribution < 1.29 is 19.2 Å². The summed E-state index contributed by atoms with van der Waals surface area (Å²) < 4.78 is 0. The number of hydrogen-bond donors (Lipinski definition) is 3. The molecule has 0 radical (unpaired) electrons. The summed E-state index contributed by atoms with van der Waals surface area (Å²) in [5.41, 5.74) is 5.27. The number of hydrogen-bond acceptors (Lipinski definition) is 4. The number of benzene rings is 2. The predicted octanol–water partition coefficient (Wildman–Crippen LogP) is 2.68. The van der Waals surface area contributed by atoms with Crippen LogP contribution in [0, 0.1) is 5.92 Å². The molecule has 2 unspecified atom stereocenters. The molecule has 1 fully saturated rings. The van der Waals surface area contributed by atoms with Crippen molar-refractivity contribution >= 4 is 34.4 Å². The number of aromatic nitrogens is 1. The highest BCUT2D eigenvalue weighted by Gasteiger charge is 2.34. The predicted molar refractivity (Wildman–Crippen MR) is 142 cm³/mol. The van der Waals surface area contributed by atoms with Gasteiger partial charge < -0.3 is 20.5 Å². The van der Waals surface area contributed by atoms with Crippen molar-refractivity contribution in [2.24, 2.45) is 5.92 Å². The lowest BCUT2D eigenvalue weighted by atomic mass is 9.93. The van der Waals surface area contributed by atoms with Crippen molar-refractivity contribution in [1.29, 1.82) is 0 Å². The zero-order chi connectivity index (χ0) is 26.5. The van der Waals surface area contributed by atoms with Crippen LogP contribution in [0.5, 0.6) is 0 Å². The number of carbonyl (C=O) groups is 4. The van der Waals surface area contributed by atoms with Crippen LogP contribution in [0.3, 0.4) is 0 Å². The molecule has 0 spiro atoms. The SMILES string of the molecule is CCc1ccc(CNC(=O)C(Cc2c[nH]c3ccccc23)C(=O)CN2CC(=O)NC(C)C2=O)cc1CC. The second kappa shape index (κ2) is 11.4. The van der Waals surface area contributed by atoms with E-state index in [1.165, 1.54) is 16.0 Å². The normalized spacial score (nSPS) is 16.5. The van der Waals surface area contributed by atoms with Crippen molar-refractivity contribution in [2.45, 2.75) is 52.6 Å². The van der Waals surface area contributed by atoms with Crippen LogP contribution < -0.4 is 10.6 Å². The highest BCUT2D eigenvalue weighted by Crippen LogP contribution is 2.22. The standard InChI is InChI=1S/C29H34N4O4/c1-4-20-11-10-19(12-21(20)5-2)14-31-28(36)24(13-22-15-30-25-9-7-6-8-23(22)25)26(34)16-33-17-27(35)32-18(3)29(33)37/h6-12,15,18,24,30H,4-5,13-14,16-17H2,1-3H3,(H,31,36)(H,32,35). The molecule has 8 heteroatoms. The number of amides is 3. The van der Waals surface area contributed by atoms with Crippen molar-refractivity contribution in [2.75, 3.05) is 13.1 Å². The Morgan fingerprint density at radius 2 is 1.81 bits per heavy atom. The minimum absolute atomic E-state index is 0.188. The van der Waals surface area contributed by atoms with E-state index in [4.69, 9.17) is 0 Å². The Labute approximate surface area is 216 Å². The van der Waals surface area contributed by atoms with E-state index < -0.39 is 23.7 Å². The summed E-state index contributed by atoms with van der Waals surface area (Å²) >= 11 is 0. The molecule has 3 amide bonds. The van der Waals surface area contributed by atoms with Gasteiger partial charge in [0, 0.05) is 23.6 Å². The van der Waals surface area contributed by atoms with Gasteiger partial charge in [-0.15, -0.1) is 0 Å². The molecule has 0 bridgehead atoms. The Balaban J connectivity index is 1.54. The molecule has 1 aliphatic heterocycles. The van der Waals surface area contributed by atoms with Gasteiger partial charge in [-0.1, -0.05) is 50.2 Å². The van der Waals surface area contributed by atoms with Crippen LogP contribution in [-0.2, 0) is 45.0 Å². The minimum atomic E-state index is -1.01. The topological polar surface area (TPSA) is 111 Å². The highest BCUT2D eigenvalue weighted by atomic mass is 16.2. The van der Waals surface area contributed by atoms with E-state index in [2.05, 4.69) is 41.6 Å². The number of nitrogens with one attached hydrogen (secondary N) is 3. The smallest absolute Gasteiger partial charge is 0.245 e. The van der Waals surface area contributed by atoms with E-state index in [0.717, 1.165) is 34.9 Å². The monoisotopic (exact) mass is 502 g/mol. The third kappa shape index (κ3) is 5.90. The average molecular weight is 503 g/mol. The number of para-hydroxylation sites is 1. The molecule has 37 heavy (non-hydrogen) atoms. The van der Waals surface area contributed by atoms with Crippen molar-refractivity contribution in [3.05, 3.63) is 70.9 Å². The minimum Gasteiger partial charge on any atom is -0.361 e. The molecule has 4 rings (SSSR count). The van der Waals surface area contributed by atoms with Gasteiger partial charge in [0.1, 0.15) is 18.5 Å². The Bertz CT molecular complexity index is 1330. The summed E-state index contributed by atoms with van der Waals surface area (Å²) in [6.45, 7) is 5.63.